The Morgan fingerprint density at radius 2 is 1.73 bits per heavy atom. The average molecular weight is 415 g/mol. The van der Waals surface area contributed by atoms with E-state index in [1.807, 2.05) is 13.8 Å². The zero-order valence-corrected chi connectivity index (χ0v) is 19.9. The van der Waals surface area contributed by atoms with E-state index < -0.39 is 5.60 Å². The highest BCUT2D eigenvalue weighted by molar-refractivity contribution is 5.43. The summed E-state index contributed by atoms with van der Waals surface area (Å²) in [4.78, 5) is 0. The van der Waals surface area contributed by atoms with Crippen molar-refractivity contribution in [2.75, 3.05) is 6.61 Å². The molecule has 168 valence electrons. The lowest BCUT2D eigenvalue weighted by molar-refractivity contribution is -0.0398. The van der Waals surface area contributed by atoms with Crippen LogP contribution in [0.2, 0.25) is 0 Å². The third-order valence-corrected chi connectivity index (χ3v) is 8.96. The van der Waals surface area contributed by atoms with E-state index >= 15 is 0 Å². The lowest BCUT2D eigenvalue weighted by Gasteiger charge is -2.55. The van der Waals surface area contributed by atoms with E-state index in [1.165, 1.54) is 24.0 Å². The van der Waals surface area contributed by atoms with Gasteiger partial charge in [-0.25, -0.2) is 0 Å². The standard InChI is InChI=1S/C27H42O3/c1-24(2,29)15-16-30-25(3,4)23-10-9-21-20-8-7-18-17-19(28)11-13-26(18,5)22(20)12-14-27(21,23)6/h7-8,10,19,21-22,28-29H,9,11-17H2,1-6H3/t19-,21-,22-,26-,27-/m0/s1. The number of rotatable bonds is 5. The van der Waals surface area contributed by atoms with Crippen LogP contribution in [0.3, 0.4) is 0 Å². The van der Waals surface area contributed by atoms with Crippen molar-refractivity contribution in [1.29, 1.82) is 0 Å². The molecule has 0 aromatic rings. The Hall–Kier alpha value is -0.900. The molecule has 30 heavy (non-hydrogen) atoms. The quantitative estimate of drug-likeness (QED) is 0.566. The second-order valence-electron chi connectivity index (χ2n) is 12.0. The number of hydrogen-bond acceptors (Lipinski definition) is 3. The summed E-state index contributed by atoms with van der Waals surface area (Å²) in [5, 5.41) is 20.3. The molecular formula is C27H42O3. The van der Waals surface area contributed by atoms with E-state index in [2.05, 4.69) is 45.9 Å². The number of allylic oxidation sites excluding steroid dienone is 4. The van der Waals surface area contributed by atoms with Gasteiger partial charge in [-0.2, -0.15) is 0 Å². The summed E-state index contributed by atoms with van der Waals surface area (Å²) < 4.78 is 6.37. The van der Waals surface area contributed by atoms with Gasteiger partial charge in [0.15, 0.2) is 0 Å². The van der Waals surface area contributed by atoms with Gasteiger partial charge in [0.1, 0.15) is 0 Å². The zero-order chi connectivity index (χ0) is 21.9. The minimum absolute atomic E-state index is 0.149. The molecule has 0 aromatic heterocycles. The minimum atomic E-state index is -0.690. The molecule has 5 atom stereocenters. The van der Waals surface area contributed by atoms with Gasteiger partial charge in [-0.05, 0) is 101 Å². The van der Waals surface area contributed by atoms with Crippen molar-refractivity contribution < 1.29 is 14.9 Å². The molecule has 0 aliphatic heterocycles. The third-order valence-electron chi connectivity index (χ3n) is 8.96. The lowest BCUT2D eigenvalue weighted by Crippen LogP contribution is -2.47. The molecule has 0 unspecified atom stereocenters. The van der Waals surface area contributed by atoms with Crippen LogP contribution in [0.15, 0.2) is 34.9 Å². The number of hydrogen-bond donors (Lipinski definition) is 2. The first kappa shape index (κ1) is 22.3. The number of aliphatic hydroxyl groups is 2. The maximum Gasteiger partial charge on any atom is 0.0841 e. The van der Waals surface area contributed by atoms with E-state index in [9.17, 15) is 10.2 Å². The summed E-state index contributed by atoms with van der Waals surface area (Å²) in [6.45, 7) is 13.6. The molecule has 0 radical (unpaired) electrons. The molecule has 0 amide bonds. The zero-order valence-electron chi connectivity index (χ0n) is 19.9. The van der Waals surface area contributed by atoms with Gasteiger partial charge in [-0.1, -0.05) is 43.2 Å². The maximum atomic E-state index is 10.2. The van der Waals surface area contributed by atoms with E-state index in [4.69, 9.17) is 4.74 Å². The Morgan fingerprint density at radius 3 is 2.43 bits per heavy atom. The second kappa shape index (κ2) is 7.32. The average Bonchev–Trinajstić information content (AvgIpc) is 2.99. The molecule has 2 N–H and O–H groups in total. The summed E-state index contributed by atoms with van der Waals surface area (Å²) in [6, 6.07) is 0. The van der Waals surface area contributed by atoms with Crippen molar-refractivity contribution in [3.8, 4) is 0 Å². The second-order valence-corrected chi connectivity index (χ2v) is 12.0. The molecule has 0 bridgehead atoms. The molecule has 0 spiro atoms. The van der Waals surface area contributed by atoms with E-state index in [1.54, 1.807) is 5.57 Å². The highest BCUT2D eigenvalue weighted by Crippen LogP contribution is 2.64. The first-order chi connectivity index (χ1) is 13.9. The third kappa shape index (κ3) is 3.65. The fourth-order valence-electron chi connectivity index (χ4n) is 7.14. The molecule has 4 aliphatic rings. The summed E-state index contributed by atoms with van der Waals surface area (Å²) in [7, 11) is 0. The Labute approximate surface area is 183 Å². The van der Waals surface area contributed by atoms with Crippen molar-refractivity contribution in [1.82, 2.24) is 0 Å². The molecule has 4 aliphatic carbocycles. The van der Waals surface area contributed by atoms with Crippen molar-refractivity contribution >= 4 is 0 Å². The highest BCUT2D eigenvalue weighted by atomic mass is 16.5. The van der Waals surface area contributed by atoms with Gasteiger partial charge in [-0.3, -0.25) is 0 Å². The molecule has 3 heteroatoms. The van der Waals surface area contributed by atoms with Crippen LogP contribution >= 0.6 is 0 Å². The molecule has 4 rings (SSSR count). The molecule has 2 saturated carbocycles. The van der Waals surface area contributed by atoms with E-state index in [0.29, 0.717) is 24.9 Å². The van der Waals surface area contributed by atoms with Gasteiger partial charge in [0, 0.05) is 0 Å². The van der Waals surface area contributed by atoms with Crippen LogP contribution in [-0.2, 0) is 4.74 Å². The van der Waals surface area contributed by atoms with Crippen LogP contribution in [0.4, 0.5) is 0 Å². The molecule has 0 heterocycles. The molecular weight excluding hydrogens is 372 g/mol. The molecule has 2 fully saturated rings. The summed E-state index contributed by atoms with van der Waals surface area (Å²) in [6.07, 6.45) is 14.1. The summed E-state index contributed by atoms with van der Waals surface area (Å²) in [5.41, 5.74) is 3.95. The van der Waals surface area contributed by atoms with E-state index in [-0.39, 0.29) is 22.5 Å². The highest BCUT2D eigenvalue weighted by Gasteiger charge is 2.56. The normalized spacial score (nSPS) is 38.8. The Kier molecular flexibility index (Phi) is 5.44. The smallest absolute Gasteiger partial charge is 0.0841 e. The molecule has 0 aromatic carbocycles. The number of ether oxygens (including phenoxy) is 1. The van der Waals surface area contributed by atoms with Gasteiger partial charge in [0.25, 0.3) is 0 Å². The van der Waals surface area contributed by atoms with Crippen LogP contribution in [-0.4, -0.2) is 34.1 Å². The lowest BCUT2D eigenvalue weighted by atomic mass is 9.50. The fourth-order valence-corrected chi connectivity index (χ4v) is 7.14. The maximum absolute atomic E-state index is 10.2. The van der Waals surface area contributed by atoms with Gasteiger partial charge in [-0.15, -0.1) is 0 Å². The van der Waals surface area contributed by atoms with Crippen LogP contribution in [0, 0.1) is 22.7 Å². The predicted molar refractivity (Wildman–Crippen MR) is 122 cm³/mol. The van der Waals surface area contributed by atoms with Crippen molar-refractivity contribution in [2.24, 2.45) is 22.7 Å². The largest absolute Gasteiger partial charge is 0.393 e. The first-order valence-electron chi connectivity index (χ1n) is 12.0. The number of aliphatic hydroxyl groups excluding tert-OH is 1. The fraction of sp³-hybridized carbons (Fsp3) is 0.778. The number of fused-ring (bicyclic) bond motifs is 5. The van der Waals surface area contributed by atoms with Gasteiger partial charge >= 0.3 is 0 Å². The monoisotopic (exact) mass is 414 g/mol. The van der Waals surface area contributed by atoms with Crippen LogP contribution in [0.5, 0.6) is 0 Å². The van der Waals surface area contributed by atoms with Crippen molar-refractivity contribution in [3.05, 3.63) is 34.9 Å². The van der Waals surface area contributed by atoms with Crippen LogP contribution in [0.25, 0.3) is 0 Å². The topological polar surface area (TPSA) is 49.7 Å². The van der Waals surface area contributed by atoms with Gasteiger partial charge in [0.05, 0.1) is 23.9 Å². The molecule has 3 nitrogen and oxygen atoms in total. The minimum Gasteiger partial charge on any atom is -0.393 e. The van der Waals surface area contributed by atoms with Gasteiger partial charge < -0.3 is 14.9 Å². The molecule has 0 saturated heterocycles. The van der Waals surface area contributed by atoms with Crippen molar-refractivity contribution in [3.63, 3.8) is 0 Å². The van der Waals surface area contributed by atoms with E-state index in [0.717, 1.165) is 25.7 Å². The summed E-state index contributed by atoms with van der Waals surface area (Å²) in [5.74, 6) is 1.18. The first-order valence-corrected chi connectivity index (χ1v) is 12.0. The van der Waals surface area contributed by atoms with Crippen molar-refractivity contribution in [2.45, 2.75) is 104 Å². The van der Waals surface area contributed by atoms with Gasteiger partial charge in [0.2, 0.25) is 0 Å². The van der Waals surface area contributed by atoms with Crippen LogP contribution in [0.1, 0.15) is 86.5 Å². The predicted octanol–water partition coefficient (Wildman–Crippen LogP) is 5.72. The SMILES string of the molecule is CC(C)(O)CCOC(C)(C)C1=CC[C@H]2C3=CC=C4C[C@@H](O)CC[C@]4(C)[C@H]3CC[C@]12C. The Balaban J connectivity index is 1.56. The Morgan fingerprint density at radius 1 is 1.03 bits per heavy atom. The van der Waals surface area contributed by atoms with Crippen LogP contribution < -0.4 is 0 Å². The Bertz CT molecular complexity index is 780. The summed E-state index contributed by atoms with van der Waals surface area (Å²) >= 11 is 0.